The van der Waals surface area contributed by atoms with Gasteiger partial charge in [-0.3, -0.25) is 19.2 Å². The minimum atomic E-state index is -1.37. The Bertz CT molecular complexity index is 847. The lowest BCUT2D eigenvalue weighted by molar-refractivity contribution is -0.142. The summed E-state index contributed by atoms with van der Waals surface area (Å²) in [5, 5.41) is 25.9. The van der Waals surface area contributed by atoms with Crippen molar-refractivity contribution in [2.75, 3.05) is 0 Å². The van der Waals surface area contributed by atoms with E-state index in [1.807, 2.05) is 0 Å². The lowest BCUT2D eigenvalue weighted by Gasteiger charge is -2.24. The summed E-state index contributed by atoms with van der Waals surface area (Å²) in [6.07, 6.45) is -1.52. The standard InChI is InChI=1S/C21H31N5O7/c1-11(18(29)25-14(21(32)33)8-9-16(22)28)24-19(30)15(10-13-6-4-3-5-7-13)26-20(31)17(23)12(2)27/h3-7,11-12,14-15,17,27H,8-10,23H2,1-2H3,(H2,22,28)(H,24,30)(H,25,29)(H,26,31)(H,32,33). The number of aliphatic hydroxyl groups is 1. The van der Waals surface area contributed by atoms with E-state index in [1.165, 1.54) is 13.8 Å². The molecule has 0 aliphatic carbocycles. The molecule has 0 bridgehead atoms. The van der Waals surface area contributed by atoms with Crippen LogP contribution >= 0.6 is 0 Å². The van der Waals surface area contributed by atoms with Gasteiger partial charge in [0.2, 0.25) is 23.6 Å². The Balaban J connectivity index is 2.88. The Labute approximate surface area is 191 Å². The summed E-state index contributed by atoms with van der Waals surface area (Å²) in [6, 6.07) is 3.86. The molecular formula is C21H31N5O7. The van der Waals surface area contributed by atoms with E-state index in [0.29, 0.717) is 0 Å². The van der Waals surface area contributed by atoms with Gasteiger partial charge in [0.25, 0.3) is 0 Å². The van der Waals surface area contributed by atoms with E-state index in [2.05, 4.69) is 16.0 Å². The van der Waals surface area contributed by atoms with Crippen LogP contribution in [0.5, 0.6) is 0 Å². The molecule has 33 heavy (non-hydrogen) atoms. The number of nitrogens with one attached hydrogen (secondary N) is 3. The Hall–Kier alpha value is -3.51. The summed E-state index contributed by atoms with van der Waals surface area (Å²) >= 11 is 0. The van der Waals surface area contributed by atoms with Gasteiger partial charge in [0.1, 0.15) is 24.2 Å². The molecule has 0 saturated heterocycles. The maximum absolute atomic E-state index is 12.8. The topological polar surface area (TPSA) is 214 Å². The van der Waals surface area contributed by atoms with Crippen LogP contribution in [0.2, 0.25) is 0 Å². The Morgan fingerprint density at radius 3 is 2.00 bits per heavy atom. The second-order valence-corrected chi connectivity index (χ2v) is 7.65. The molecule has 1 rings (SSSR count). The van der Waals surface area contributed by atoms with Gasteiger partial charge in [0, 0.05) is 12.8 Å². The van der Waals surface area contributed by atoms with E-state index in [0.717, 1.165) is 5.56 Å². The Kier molecular flexibility index (Phi) is 11.0. The maximum atomic E-state index is 12.8. The molecule has 12 nitrogen and oxygen atoms in total. The minimum Gasteiger partial charge on any atom is -0.480 e. The van der Waals surface area contributed by atoms with Gasteiger partial charge < -0.3 is 37.6 Å². The molecule has 5 atom stereocenters. The number of hydrogen-bond donors (Lipinski definition) is 7. The number of carboxylic acid groups (broad SMARTS) is 1. The smallest absolute Gasteiger partial charge is 0.326 e. The highest BCUT2D eigenvalue weighted by Gasteiger charge is 2.29. The summed E-state index contributed by atoms with van der Waals surface area (Å²) in [5.41, 5.74) is 11.4. The monoisotopic (exact) mass is 465 g/mol. The zero-order chi connectivity index (χ0) is 25.1. The molecule has 5 unspecified atom stereocenters. The number of nitrogens with two attached hydrogens (primary N) is 2. The highest BCUT2D eigenvalue weighted by atomic mass is 16.4. The van der Waals surface area contributed by atoms with E-state index >= 15 is 0 Å². The van der Waals surface area contributed by atoms with Gasteiger partial charge in [0.15, 0.2) is 0 Å². The number of rotatable bonds is 13. The molecule has 0 radical (unpaired) electrons. The average molecular weight is 466 g/mol. The number of aliphatic carboxylic acids is 1. The molecule has 1 aromatic rings. The first-order chi connectivity index (χ1) is 15.4. The van der Waals surface area contributed by atoms with Crippen molar-refractivity contribution in [1.82, 2.24) is 16.0 Å². The summed E-state index contributed by atoms with van der Waals surface area (Å²) in [4.78, 5) is 59.7. The number of benzene rings is 1. The van der Waals surface area contributed by atoms with Crippen molar-refractivity contribution in [1.29, 1.82) is 0 Å². The lowest BCUT2D eigenvalue weighted by Crippen LogP contribution is -2.58. The van der Waals surface area contributed by atoms with E-state index in [-0.39, 0.29) is 19.3 Å². The molecule has 0 saturated carbocycles. The number of carboxylic acids is 1. The van der Waals surface area contributed by atoms with Gasteiger partial charge in [-0.05, 0) is 25.8 Å². The van der Waals surface area contributed by atoms with Gasteiger partial charge in [0.05, 0.1) is 6.10 Å². The third kappa shape index (κ3) is 9.66. The van der Waals surface area contributed by atoms with Crippen molar-refractivity contribution in [3.63, 3.8) is 0 Å². The second-order valence-electron chi connectivity index (χ2n) is 7.65. The summed E-state index contributed by atoms with van der Waals surface area (Å²) in [5.74, 6) is -4.34. The fourth-order valence-corrected chi connectivity index (χ4v) is 2.77. The van der Waals surface area contributed by atoms with Crippen molar-refractivity contribution >= 4 is 29.6 Å². The zero-order valence-corrected chi connectivity index (χ0v) is 18.5. The van der Waals surface area contributed by atoms with Crippen molar-refractivity contribution in [2.24, 2.45) is 11.5 Å². The first kappa shape index (κ1) is 27.5. The van der Waals surface area contributed by atoms with E-state index in [4.69, 9.17) is 11.5 Å². The molecule has 0 aliphatic heterocycles. The SMILES string of the molecule is CC(NC(=O)C(Cc1ccccc1)NC(=O)C(N)C(C)O)C(=O)NC(CCC(N)=O)C(=O)O. The molecule has 1 aromatic carbocycles. The van der Waals surface area contributed by atoms with Crippen LogP contribution in [0.15, 0.2) is 30.3 Å². The summed E-state index contributed by atoms with van der Waals surface area (Å²) in [6.45, 7) is 2.67. The Morgan fingerprint density at radius 1 is 0.909 bits per heavy atom. The minimum absolute atomic E-state index is 0.0790. The van der Waals surface area contributed by atoms with Gasteiger partial charge in [-0.15, -0.1) is 0 Å². The van der Waals surface area contributed by atoms with Crippen molar-refractivity contribution in [3.05, 3.63) is 35.9 Å². The van der Waals surface area contributed by atoms with Crippen LogP contribution in [0.3, 0.4) is 0 Å². The van der Waals surface area contributed by atoms with E-state index in [1.54, 1.807) is 30.3 Å². The molecule has 9 N–H and O–H groups in total. The van der Waals surface area contributed by atoms with Gasteiger partial charge in [-0.25, -0.2) is 4.79 Å². The number of hydrogen-bond acceptors (Lipinski definition) is 7. The summed E-state index contributed by atoms with van der Waals surface area (Å²) < 4.78 is 0. The van der Waals surface area contributed by atoms with Gasteiger partial charge in [-0.1, -0.05) is 30.3 Å². The zero-order valence-electron chi connectivity index (χ0n) is 18.5. The van der Waals surface area contributed by atoms with Crippen LogP contribution < -0.4 is 27.4 Å². The van der Waals surface area contributed by atoms with Crippen LogP contribution in [0.4, 0.5) is 0 Å². The van der Waals surface area contributed by atoms with Crippen LogP contribution in [-0.2, 0) is 30.4 Å². The number of primary amides is 1. The molecule has 0 spiro atoms. The molecule has 12 heteroatoms. The third-order valence-corrected chi connectivity index (χ3v) is 4.78. The first-order valence-electron chi connectivity index (χ1n) is 10.3. The fourth-order valence-electron chi connectivity index (χ4n) is 2.77. The van der Waals surface area contributed by atoms with Crippen molar-refractivity contribution < 1.29 is 34.2 Å². The Morgan fingerprint density at radius 2 is 1.48 bits per heavy atom. The van der Waals surface area contributed by atoms with E-state index < -0.39 is 59.9 Å². The van der Waals surface area contributed by atoms with Crippen LogP contribution in [0, 0.1) is 0 Å². The van der Waals surface area contributed by atoms with Crippen LogP contribution in [0.1, 0.15) is 32.3 Å². The predicted molar refractivity (Wildman–Crippen MR) is 117 cm³/mol. The summed E-state index contributed by atoms with van der Waals surface area (Å²) in [7, 11) is 0. The third-order valence-electron chi connectivity index (χ3n) is 4.78. The predicted octanol–water partition coefficient (Wildman–Crippen LogP) is -2.24. The molecule has 0 heterocycles. The average Bonchev–Trinajstić information content (AvgIpc) is 2.75. The number of aliphatic hydroxyl groups excluding tert-OH is 1. The van der Waals surface area contributed by atoms with Crippen molar-refractivity contribution in [2.45, 2.75) is 63.4 Å². The number of carbonyl (C=O) groups is 5. The molecule has 0 aliphatic rings. The first-order valence-corrected chi connectivity index (χ1v) is 10.3. The lowest BCUT2D eigenvalue weighted by atomic mass is 10.0. The molecule has 182 valence electrons. The second kappa shape index (κ2) is 13.1. The normalized spacial score (nSPS) is 15.3. The van der Waals surface area contributed by atoms with Gasteiger partial charge in [-0.2, -0.15) is 0 Å². The maximum Gasteiger partial charge on any atom is 0.326 e. The molecule has 0 fully saturated rings. The molecular weight excluding hydrogens is 434 g/mol. The number of carbonyl (C=O) groups excluding carboxylic acids is 4. The molecule has 0 aromatic heterocycles. The number of amides is 4. The highest BCUT2D eigenvalue weighted by Crippen LogP contribution is 2.05. The highest BCUT2D eigenvalue weighted by molar-refractivity contribution is 5.94. The fraction of sp³-hybridized carbons (Fsp3) is 0.476. The molecule has 4 amide bonds. The largest absolute Gasteiger partial charge is 0.480 e. The van der Waals surface area contributed by atoms with Crippen LogP contribution in [0.25, 0.3) is 0 Å². The van der Waals surface area contributed by atoms with Crippen LogP contribution in [-0.4, -0.2) is 70.1 Å². The van der Waals surface area contributed by atoms with E-state index in [9.17, 15) is 34.2 Å². The quantitative estimate of drug-likeness (QED) is 0.169. The van der Waals surface area contributed by atoms with Crippen molar-refractivity contribution in [3.8, 4) is 0 Å². The van der Waals surface area contributed by atoms with Gasteiger partial charge >= 0.3 is 5.97 Å².